The van der Waals surface area contributed by atoms with Crippen molar-refractivity contribution in [2.75, 3.05) is 22.8 Å². The van der Waals surface area contributed by atoms with Crippen molar-refractivity contribution in [3.05, 3.63) is 35.9 Å². The summed E-state index contributed by atoms with van der Waals surface area (Å²) in [6, 6.07) is 8.21. The van der Waals surface area contributed by atoms with Crippen molar-refractivity contribution in [3.63, 3.8) is 0 Å². The molecule has 1 N–H and O–H groups in total. The van der Waals surface area contributed by atoms with Crippen LogP contribution in [0.15, 0.2) is 30.3 Å². The van der Waals surface area contributed by atoms with Crippen molar-refractivity contribution in [1.29, 1.82) is 0 Å². The number of fused-ring (bicyclic) bond motifs is 1. The number of hydrogen-bond acceptors (Lipinski definition) is 4. The fraction of sp³-hybridized carbons (Fsp3) is 0.333. The Hall–Kier alpha value is -1.61. The van der Waals surface area contributed by atoms with Gasteiger partial charge in [-0.2, -0.15) is 25.8 Å². The minimum Gasteiger partial charge on any atom is -0.492 e. The Balaban J connectivity index is 2.49. The quantitative estimate of drug-likeness (QED) is 0.752. The van der Waals surface area contributed by atoms with Gasteiger partial charge in [-0.1, -0.05) is 24.3 Å². The highest BCUT2D eigenvalue weighted by molar-refractivity contribution is 7.92. The number of alkyl halides is 3. The predicted octanol–water partition coefficient (Wildman–Crippen LogP) is 3.76. The molecule has 9 heteroatoms. The molecule has 0 aliphatic carbocycles. The maximum Gasteiger partial charge on any atom is 0.404 e. The Kier molecular flexibility index (Phi) is 5.54. The number of halogens is 3. The van der Waals surface area contributed by atoms with Gasteiger partial charge in [-0.3, -0.25) is 4.72 Å². The summed E-state index contributed by atoms with van der Waals surface area (Å²) >= 11 is 4.07. The smallest absolute Gasteiger partial charge is 0.404 e. The lowest BCUT2D eigenvalue weighted by atomic mass is 10.0. The van der Waals surface area contributed by atoms with Crippen LogP contribution in [0.3, 0.4) is 0 Å². The molecule has 0 aliphatic rings. The highest BCUT2D eigenvalue weighted by atomic mass is 32.2. The van der Waals surface area contributed by atoms with E-state index in [1.807, 2.05) is 4.72 Å². The Bertz CT molecular complexity index is 836. The topological polar surface area (TPSA) is 55.4 Å². The van der Waals surface area contributed by atoms with Crippen LogP contribution < -0.4 is 9.46 Å². The van der Waals surface area contributed by atoms with Crippen LogP contribution in [-0.2, 0) is 10.0 Å². The summed E-state index contributed by atoms with van der Waals surface area (Å²) < 4.78 is 68.4. The first-order valence-corrected chi connectivity index (χ1v) is 9.25. The molecule has 0 heterocycles. The Morgan fingerprint density at radius 3 is 2.42 bits per heavy atom. The van der Waals surface area contributed by atoms with E-state index in [1.54, 1.807) is 31.2 Å². The molecule has 0 unspecified atom stereocenters. The fourth-order valence-corrected chi connectivity index (χ4v) is 3.43. The zero-order chi connectivity index (χ0) is 18.0. The van der Waals surface area contributed by atoms with Gasteiger partial charge in [-0.05, 0) is 18.6 Å². The second kappa shape index (κ2) is 7.10. The summed E-state index contributed by atoms with van der Waals surface area (Å²) in [5.74, 6) is -0.891. The van der Waals surface area contributed by atoms with Gasteiger partial charge in [0.1, 0.15) is 5.75 Å². The zero-order valence-electron chi connectivity index (χ0n) is 12.7. The number of nitrogens with one attached hydrogen (secondary N) is 1. The van der Waals surface area contributed by atoms with Crippen LogP contribution in [-0.4, -0.2) is 32.7 Å². The van der Waals surface area contributed by atoms with Crippen molar-refractivity contribution >= 4 is 39.1 Å². The first kappa shape index (κ1) is 18.7. The van der Waals surface area contributed by atoms with Crippen molar-refractivity contribution in [2.24, 2.45) is 0 Å². The number of hydrogen-bond donors (Lipinski definition) is 2. The third-order valence-electron chi connectivity index (χ3n) is 3.14. The lowest BCUT2D eigenvalue weighted by molar-refractivity contribution is -0.106. The van der Waals surface area contributed by atoms with E-state index in [4.69, 9.17) is 4.74 Å². The number of rotatable bonds is 6. The van der Waals surface area contributed by atoms with Crippen LogP contribution in [0.5, 0.6) is 5.75 Å². The molecular weight excluding hydrogens is 363 g/mol. The molecule has 24 heavy (non-hydrogen) atoms. The van der Waals surface area contributed by atoms with Gasteiger partial charge in [0.05, 0.1) is 12.3 Å². The molecule has 0 spiro atoms. The minimum atomic E-state index is -4.81. The molecule has 0 atom stereocenters. The molecule has 0 saturated heterocycles. The first-order chi connectivity index (χ1) is 11.1. The molecule has 0 bridgehead atoms. The minimum absolute atomic E-state index is 0.0885. The molecule has 2 aromatic carbocycles. The Morgan fingerprint density at radius 1 is 1.21 bits per heavy atom. The molecular formula is C15H16F3NO3S2. The van der Waals surface area contributed by atoms with Crippen LogP contribution >= 0.6 is 12.6 Å². The highest BCUT2D eigenvalue weighted by Crippen LogP contribution is 2.36. The second-order valence-electron chi connectivity index (χ2n) is 5.16. The van der Waals surface area contributed by atoms with Gasteiger partial charge < -0.3 is 4.74 Å². The fourth-order valence-electron chi connectivity index (χ4n) is 2.33. The second-order valence-corrected chi connectivity index (χ2v) is 7.33. The lowest BCUT2D eigenvalue weighted by Gasteiger charge is -2.17. The maximum atomic E-state index is 12.4. The SMILES string of the molecule is Cc1cc(NS(=O)(=O)CC(F)(F)F)c2ccccc2c1OCCS. The van der Waals surface area contributed by atoms with Gasteiger partial charge >= 0.3 is 6.18 Å². The maximum absolute atomic E-state index is 12.4. The van der Waals surface area contributed by atoms with E-state index in [9.17, 15) is 21.6 Å². The molecule has 2 rings (SSSR count). The van der Waals surface area contributed by atoms with Gasteiger partial charge in [0, 0.05) is 16.5 Å². The molecule has 132 valence electrons. The highest BCUT2D eigenvalue weighted by Gasteiger charge is 2.35. The van der Waals surface area contributed by atoms with Gasteiger partial charge in [0.2, 0.25) is 10.0 Å². The van der Waals surface area contributed by atoms with E-state index in [-0.39, 0.29) is 5.69 Å². The van der Waals surface area contributed by atoms with Gasteiger partial charge in [-0.25, -0.2) is 8.42 Å². The van der Waals surface area contributed by atoms with Crippen molar-refractivity contribution in [3.8, 4) is 5.75 Å². The summed E-state index contributed by atoms with van der Waals surface area (Å²) in [7, 11) is -4.56. The number of thiol groups is 1. The average molecular weight is 379 g/mol. The third-order valence-corrected chi connectivity index (χ3v) is 4.56. The van der Waals surface area contributed by atoms with E-state index in [1.165, 1.54) is 6.07 Å². The van der Waals surface area contributed by atoms with E-state index < -0.39 is 22.0 Å². The number of benzene rings is 2. The summed E-state index contributed by atoms with van der Waals surface area (Å²) in [5.41, 5.74) is 0.700. The normalized spacial score (nSPS) is 12.4. The molecule has 2 aromatic rings. The standard InChI is InChI=1S/C15H16F3NO3S2/c1-10-8-13(19-24(20,21)9-15(16,17)18)11-4-2-3-5-12(11)14(10)22-6-7-23/h2-5,8,19,23H,6-7,9H2,1H3. The first-order valence-electron chi connectivity index (χ1n) is 6.96. The summed E-state index contributed by atoms with van der Waals surface area (Å²) in [6.07, 6.45) is -4.81. The van der Waals surface area contributed by atoms with Crippen molar-refractivity contribution < 1.29 is 26.3 Å². The van der Waals surface area contributed by atoms with Crippen molar-refractivity contribution in [1.82, 2.24) is 0 Å². The largest absolute Gasteiger partial charge is 0.492 e. The summed E-state index contributed by atoms with van der Waals surface area (Å²) in [6.45, 7) is 2.05. The van der Waals surface area contributed by atoms with Gasteiger partial charge in [0.25, 0.3) is 0 Å². The van der Waals surface area contributed by atoms with E-state index in [0.29, 0.717) is 34.4 Å². The summed E-state index contributed by atoms with van der Waals surface area (Å²) in [4.78, 5) is 0. The molecule has 4 nitrogen and oxygen atoms in total. The zero-order valence-corrected chi connectivity index (χ0v) is 14.4. The number of ether oxygens (including phenoxy) is 1. The van der Waals surface area contributed by atoms with Gasteiger partial charge in [-0.15, -0.1) is 0 Å². The molecule has 0 amide bonds. The van der Waals surface area contributed by atoms with Crippen molar-refractivity contribution in [2.45, 2.75) is 13.1 Å². The number of sulfonamides is 1. The number of anilines is 1. The van der Waals surface area contributed by atoms with Crippen LogP contribution in [0.25, 0.3) is 10.8 Å². The van der Waals surface area contributed by atoms with E-state index in [2.05, 4.69) is 12.6 Å². The molecule has 0 saturated carbocycles. The molecule has 0 radical (unpaired) electrons. The Labute approximate surface area is 143 Å². The average Bonchev–Trinajstić information content (AvgIpc) is 2.44. The van der Waals surface area contributed by atoms with Crippen LogP contribution in [0.4, 0.5) is 18.9 Å². The van der Waals surface area contributed by atoms with Gasteiger partial charge in [0.15, 0.2) is 5.75 Å². The monoisotopic (exact) mass is 379 g/mol. The van der Waals surface area contributed by atoms with E-state index in [0.717, 1.165) is 0 Å². The Morgan fingerprint density at radius 2 is 1.83 bits per heavy atom. The van der Waals surface area contributed by atoms with Crippen LogP contribution in [0.2, 0.25) is 0 Å². The number of aryl methyl sites for hydroxylation is 1. The van der Waals surface area contributed by atoms with Crippen LogP contribution in [0, 0.1) is 6.92 Å². The molecule has 0 aromatic heterocycles. The molecule has 0 aliphatic heterocycles. The lowest BCUT2D eigenvalue weighted by Crippen LogP contribution is -2.28. The van der Waals surface area contributed by atoms with E-state index >= 15 is 0 Å². The third kappa shape index (κ3) is 4.70. The molecule has 0 fully saturated rings. The van der Waals surface area contributed by atoms with Crippen LogP contribution in [0.1, 0.15) is 5.56 Å². The predicted molar refractivity (Wildman–Crippen MR) is 91.5 cm³/mol. The summed E-state index contributed by atoms with van der Waals surface area (Å²) in [5, 5.41) is 1.08.